The van der Waals surface area contributed by atoms with Crippen molar-refractivity contribution >= 4 is 5.91 Å². The monoisotopic (exact) mass is 233 g/mol. The van der Waals surface area contributed by atoms with Crippen LogP contribution in [0.1, 0.15) is 36.3 Å². The van der Waals surface area contributed by atoms with E-state index in [2.05, 4.69) is 16.8 Å². The summed E-state index contributed by atoms with van der Waals surface area (Å²) >= 11 is 0. The molecular weight excluding hydrogens is 214 g/mol. The van der Waals surface area contributed by atoms with E-state index in [0.717, 1.165) is 25.3 Å². The molecule has 17 heavy (non-hydrogen) atoms. The van der Waals surface area contributed by atoms with Crippen molar-refractivity contribution in [1.82, 2.24) is 14.8 Å². The molecule has 1 atom stereocenters. The lowest BCUT2D eigenvalue weighted by molar-refractivity contribution is 0.0698. The zero-order valence-corrected chi connectivity index (χ0v) is 10.2. The van der Waals surface area contributed by atoms with Crippen LogP contribution in [0.25, 0.3) is 0 Å². The molecule has 0 spiro atoms. The molecule has 1 aromatic rings. The molecule has 3 rings (SSSR count). The number of rotatable bonds is 2. The molecule has 4 nitrogen and oxygen atoms in total. The van der Waals surface area contributed by atoms with Gasteiger partial charge in [-0.3, -0.25) is 4.79 Å². The highest BCUT2D eigenvalue weighted by molar-refractivity contribution is 5.93. The minimum atomic E-state index is 0.190. The first kappa shape index (κ1) is 10.8. The Hall–Kier alpha value is -1.29. The third kappa shape index (κ3) is 2.09. The maximum Gasteiger partial charge on any atom is 0.270 e. The van der Waals surface area contributed by atoms with Crippen LogP contribution in [0.4, 0.5) is 0 Å². The number of nitrogens with zero attached hydrogens (tertiary/aromatic N) is 2. The summed E-state index contributed by atoms with van der Waals surface area (Å²) in [6, 6.07) is 4.91. The molecular formula is C13H19N3O. The largest absolute Gasteiger partial charge is 0.340 e. The molecule has 1 saturated carbocycles. The predicted octanol–water partition coefficient (Wildman–Crippen LogP) is 1.26. The number of hydrogen-bond acceptors (Lipinski definition) is 2. The Balaban J connectivity index is 1.78. The molecule has 1 aromatic heterocycles. The zero-order valence-electron chi connectivity index (χ0n) is 10.2. The van der Waals surface area contributed by atoms with Crippen molar-refractivity contribution in [3.05, 3.63) is 24.0 Å². The first-order valence-electron chi connectivity index (χ1n) is 6.45. The highest BCUT2D eigenvalue weighted by Crippen LogP contribution is 2.36. The highest BCUT2D eigenvalue weighted by Gasteiger charge is 2.29. The Morgan fingerprint density at radius 1 is 1.47 bits per heavy atom. The molecule has 0 bridgehead atoms. The number of hydrogen-bond donors (Lipinski definition) is 1. The van der Waals surface area contributed by atoms with Crippen LogP contribution in [0.2, 0.25) is 0 Å². The lowest BCUT2D eigenvalue weighted by atomic mass is 10.2. The molecule has 1 aliphatic heterocycles. The minimum Gasteiger partial charge on any atom is -0.340 e. The van der Waals surface area contributed by atoms with Gasteiger partial charge >= 0.3 is 0 Å². The fourth-order valence-corrected chi connectivity index (χ4v) is 2.52. The summed E-state index contributed by atoms with van der Waals surface area (Å²) in [5.74, 6) is 0.190. The zero-order chi connectivity index (χ0) is 11.8. The van der Waals surface area contributed by atoms with Crippen molar-refractivity contribution < 1.29 is 4.79 Å². The number of carbonyl (C=O) groups is 1. The molecule has 1 saturated heterocycles. The molecule has 1 N–H and O–H groups in total. The van der Waals surface area contributed by atoms with E-state index in [1.165, 1.54) is 12.8 Å². The summed E-state index contributed by atoms with van der Waals surface area (Å²) in [5, 5.41) is 3.36. The van der Waals surface area contributed by atoms with Crippen LogP contribution in [-0.4, -0.2) is 41.1 Å². The van der Waals surface area contributed by atoms with Gasteiger partial charge in [-0.1, -0.05) is 0 Å². The van der Waals surface area contributed by atoms with Gasteiger partial charge in [0.2, 0.25) is 0 Å². The van der Waals surface area contributed by atoms with Gasteiger partial charge in [-0.25, -0.2) is 0 Å². The molecule has 0 aromatic carbocycles. The van der Waals surface area contributed by atoms with E-state index in [-0.39, 0.29) is 5.91 Å². The summed E-state index contributed by atoms with van der Waals surface area (Å²) in [5.41, 5.74) is 0.863. The molecule has 0 unspecified atom stereocenters. The molecule has 1 amide bonds. The van der Waals surface area contributed by atoms with Gasteiger partial charge in [0.05, 0.1) is 0 Å². The number of aromatic nitrogens is 1. The third-order valence-corrected chi connectivity index (χ3v) is 3.59. The van der Waals surface area contributed by atoms with Crippen LogP contribution in [0, 0.1) is 0 Å². The fourth-order valence-electron chi connectivity index (χ4n) is 2.52. The Morgan fingerprint density at radius 2 is 2.29 bits per heavy atom. The Morgan fingerprint density at radius 3 is 3.00 bits per heavy atom. The van der Waals surface area contributed by atoms with Crippen molar-refractivity contribution in [1.29, 1.82) is 0 Å². The molecule has 0 radical (unpaired) electrons. The lowest BCUT2D eigenvalue weighted by Gasteiger charge is -2.32. The van der Waals surface area contributed by atoms with Crippen molar-refractivity contribution in [3.8, 4) is 0 Å². The Labute approximate surface area is 102 Å². The Kier molecular flexibility index (Phi) is 2.67. The highest BCUT2D eigenvalue weighted by atomic mass is 16.2. The lowest BCUT2D eigenvalue weighted by Crippen LogP contribution is -2.51. The number of amides is 1. The standard InChI is InChI=1S/C13H19N3O/c1-10-9-15(8-6-14-10)13(17)12-3-2-7-16(12)11-4-5-11/h2-3,7,10-11,14H,4-6,8-9H2,1H3/t10-/m1/s1. The van der Waals surface area contributed by atoms with E-state index in [1.807, 2.05) is 23.2 Å². The van der Waals surface area contributed by atoms with Crippen LogP contribution < -0.4 is 5.32 Å². The Bertz CT molecular complexity index is 422. The summed E-state index contributed by atoms with van der Waals surface area (Å²) in [7, 11) is 0. The first-order valence-corrected chi connectivity index (χ1v) is 6.45. The van der Waals surface area contributed by atoms with E-state index in [9.17, 15) is 4.79 Å². The van der Waals surface area contributed by atoms with Gasteiger partial charge in [0.1, 0.15) is 5.69 Å². The van der Waals surface area contributed by atoms with Crippen LogP contribution in [0.15, 0.2) is 18.3 Å². The van der Waals surface area contributed by atoms with Gasteiger partial charge in [0.25, 0.3) is 5.91 Å². The van der Waals surface area contributed by atoms with Gasteiger partial charge in [-0.15, -0.1) is 0 Å². The van der Waals surface area contributed by atoms with Crippen LogP contribution in [0.5, 0.6) is 0 Å². The van der Waals surface area contributed by atoms with Gasteiger partial charge in [-0.2, -0.15) is 0 Å². The number of piperazine rings is 1. The molecule has 92 valence electrons. The average Bonchev–Trinajstić information content (AvgIpc) is 3.06. The molecule has 4 heteroatoms. The predicted molar refractivity (Wildman–Crippen MR) is 66.1 cm³/mol. The van der Waals surface area contributed by atoms with E-state index >= 15 is 0 Å². The molecule has 2 fully saturated rings. The van der Waals surface area contributed by atoms with Gasteiger partial charge in [-0.05, 0) is 31.9 Å². The molecule has 1 aliphatic carbocycles. The van der Waals surface area contributed by atoms with Crippen molar-refractivity contribution in [2.45, 2.75) is 31.8 Å². The number of carbonyl (C=O) groups excluding carboxylic acids is 1. The fraction of sp³-hybridized carbons (Fsp3) is 0.615. The van der Waals surface area contributed by atoms with Gasteiger partial charge in [0.15, 0.2) is 0 Å². The van der Waals surface area contributed by atoms with Crippen LogP contribution in [-0.2, 0) is 0 Å². The quantitative estimate of drug-likeness (QED) is 0.835. The first-order chi connectivity index (χ1) is 8.25. The third-order valence-electron chi connectivity index (χ3n) is 3.59. The summed E-state index contributed by atoms with van der Waals surface area (Å²) < 4.78 is 2.15. The normalized spacial score (nSPS) is 25.0. The summed E-state index contributed by atoms with van der Waals surface area (Å²) in [6.07, 6.45) is 4.47. The molecule has 2 aliphatic rings. The second kappa shape index (κ2) is 4.18. The van der Waals surface area contributed by atoms with Gasteiger partial charge in [0, 0.05) is 37.9 Å². The molecule has 2 heterocycles. The van der Waals surface area contributed by atoms with E-state index in [0.29, 0.717) is 12.1 Å². The van der Waals surface area contributed by atoms with Gasteiger partial charge < -0.3 is 14.8 Å². The second-order valence-electron chi connectivity index (χ2n) is 5.14. The average molecular weight is 233 g/mol. The SMILES string of the molecule is C[C@@H]1CN(C(=O)c2cccn2C2CC2)CCN1. The van der Waals surface area contributed by atoms with Crippen LogP contribution in [0.3, 0.4) is 0 Å². The summed E-state index contributed by atoms with van der Waals surface area (Å²) in [6.45, 7) is 4.66. The van der Waals surface area contributed by atoms with Crippen molar-refractivity contribution in [2.24, 2.45) is 0 Å². The van der Waals surface area contributed by atoms with Crippen molar-refractivity contribution in [2.75, 3.05) is 19.6 Å². The summed E-state index contributed by atoms with van der Waals surface area (Å²) in [4.78, 5) is 14.4. The van der Waals surface area contributed by atoms with Crippen molar-refractivity contribution in [3.63, 3.8) is 0 Å². The second-order valence-corrected chi connectivity index (χ2v) is 5.14. The van der Waals surface area contributed by atoms with E-state index in [4.69, 9.17) is 0 Å². The van der Waals surface area contributed by atoms with E-state index in [1.54, 1.807) is 0 Å². The smallest absolute Gasteiger partial charge is 0.270 e. The minimum absolute atomic E-state index is 0.190. The number of nitrogens with one attached hydrogen (secondary N) is 1. The topological polar surface area (TPSA) is 37.3 Å². The maximum absolute atomic E-state index is 12.4. The maximum atomic E-state index is 12.4. The van der Waals surface area contributed by atoms with E-state index < -0.39 is 0 Å². The van der Waals surface area contributed by atoms with Crippen LogP contribution >= 0.6 is 0 Å².